The van der Waals surface area contributed by atoms with Crippen LogP contribution in [0.3, 0.4) is 0 Å². The van der Waals surface area contributed by atoms with Gasteiger partial charge in [-0.3, -0.25) is 14.4 Å². The van der Waals surface area contributed by atoms with Gasteiger partial charge in [0.1, 0.15) is 18.1 Å². The molecule has 10 nitrogen and oxygen atoms in total. The molecule has 10 heteroatoms. The fraction of sp³-hybridized carbons (Fsp3) is 0.800. The highest BCUT2D eigenvalue weighted by Gasteiger charge is 2.39. The molecule has 0 spiro atoms. The van der Waals surface area contributed by atoms with Crippen molar-refractivity contribution >= 4 is 23.7 Å². The Hall–Kier alpha value is -2.20. The van der Waals surface area contributed by atoms with Crippen molar-refractivity contribution in [3.8, 4) is 0 Å². The van der Waals surface area contributed by atoms with Crippen LogP contribution >= 0.6 is 0 Å². The Morgan fingerprint density at radius 1 is 1.17 bits per heavy atom. The average Bonchev–Trinajstić information content (AvgIpc) is 3.19. The number of likely N-dealkylation sites (tertiary alicyclic amines) is 1. The molecule has 172 valence electrons. The van der Waals surface area contributed by atoms with E-state index in [1.807, 2.05) is 6.92 Å². The summed E-state index contributed by atoms with van der Waals surface area (Å²) < 4.78 is 0. The zero-order valence-electron chi connectivity index (χ0n) is 18.2. The number of carboxylic acids is 1. The number of carbonyl (C=O) groups excluding carboxylic acids is 3. The molecule has 0 aromatic rings. The van der Waals surface area contributed by atoms with Gasteiger partial charge in [0.15, 0.2) is 0 Å². The Morgan fingerprint density at radius 3 is 2.37 bits per heavy atom. The van der Waals surface area contributed by atoms with Crippen LogP contribution in [0, 0.1) is 5.92 Å². The maximum Gasteiger partial charge on any atom is 0.326 e. The number of rotatable bonds is 12. The first-order valence-corrected chi connectivity index (χ1v) is 10.7. The summed E-state index contributed by atoms with van der Waals surface area (Å²) in [5, 5.41) is 14.7. The normalized spacial score (nSPS) is 20.2. The third-order valence-corrected chi connectivity index (χ3v) is 5.59. The molecule has 1 aliphatic heterocycles. The van der Waals surface area contributed by atoms with Gasteiger partial charge in [0, 0.05) is 6.54 Å². The van der Waals surface area contributed by atoms with Crippen LogP contribution < -0.4 is 22.1 Å². The summed E-state index contributed by atoms with van der Waals surface area (Å²) in [5.41, 5.74) is 11.1. The molecule has 1 rings (SSSR count). The molecule has 0 aromatic heterocycles. The first kappa shape index (κ1) is 25.8. The molecule has 7 N–H and O–H groups in total. The number of amides is 3. The molecule has 0 saturated carbocycles. The van der Waals surface area contributed by atoms with Gasteiger partial charge in [-0.25, -0.2) is 4.79 Å². The minimum absolute atomic E-state index is 0.244. The third kappa shape index (κ3) is 7.24. The first-order chi connectivity index (χ1) is 14.1. The van der Waals surface area contributed by atoms with E-state index in [0.717, 1.165) is 0 Å². The smallest absolute Gasteiger partial charge is 0.326 e. The number of nitrogens with one attached hydrogen (secondary N) is 2. The monoisotopic (exact) mass is 427 g/mol. The fourth-order valence-electron chi connectivity index (χ4n) is 3.49. The number of hydrogen-bond acceptors (Lipinski definition) is 6. The number of carboxylic acid groups (broad SMARTS) is 1. The van der Waals surface area contributed by atoms with Crippen molar-refractivity contribution in [2.75, 3.05) is 13.1 Å². The van der Waals surface area contributed by atoms with Crippen molar-refractivity contribution in [1.82, 2.24) is 15.5 Å². The first-order valence-electron chi connectivity index (χ1n) is 10.7. The van der Waals surface area contributed by atoms with E-state index in [1.165, 1.54) is 11.8 Å². The number of carbonyl (C=O) groups is 4. The predicted molar refractivity (Wildman–Crippen MR) is 112 cm³/mol. The minimum atomic E-state index is -1.10. The van der Waals surface area contributed by atoms with E-state index >= 15 is 0 Å². The molecule has 3 amide bonds. The Balaban J connectivity index is 2.93. The van der Waals surface area contributed by atoms with Crippen molar-refractivity contribution in [2.24, 2.45) is 17.4 Å². The van der Waals surface area contributed by atoms with Gasteiger partial charge in [-0.15, -0.1) is 0 Å². The second-order valence-corrected chi connectivity index (χ2v) is 8.03. The number of unbranched alkanes of at least 4 members (excludes halogenated alkanes) is 1. The molecule has 1 saturated heterocycles. The lowest BCUT2D eigenvalue weighted by Crippen LogP contribution is -2.57. The van der Waals surface area contributed by atoms with E-state index in [9.17, 15) is 24.3 Å². The van der Waals surface area contributed by atoms with Gasteiger partial charge in [0.05, 0.1) is 6.04 Å². The number of nitrogens with zero attached hydrogens (tertiary/aromatic N) is 1. The summed E-state index contributed by atoms with van der Waals surface area (Å²) in [6.45, 7) is 5.99. The maximum atomic E-state index is 13.2. The van der Waals surface area contributed by atoms with Crippen molar-refractivity contribution in [1.29, 1.82) is 0 Å². The quantitative estimate of drug-likeness (QED) is 0.263. The summed E-state index contributed by atoms with van der Waals surface area (Å²) in [4.78, 5) is 51.0. The third-order valence-electron chi connectivity index (χ3n) is 5.59. The number of hydrogen-bond donors (Lipinski definition) is 5. The van der Waals surface area contributed by atoms with E-state index in [2.05, 4.69) is 10.6 Å². The van der Waals surface area contributed by atoms with Crippen LogP contribution in [0.5, 0.6) is 0 Å². The minimum Gasteiger partial charge on any atom is -0.480 e. The van der Waals surface area contributed by atoms with Crippen LogP contribution in [0.15, 0.2) is 0 Å². The molecule has 1 fully saturated rings. The van der Waals surface area contributed by atoms with Gasteiger partial charge in [-0.2, -0.15) is 0 Å². The highest BCUT2D eigenvalue weighted by atomic mass is 16.4. The second-order valence-electron chi connectivity index (χ2n) is 8.03. The average molecular weight is 428 g/mol. The van der Waals surface area contributed by atoms with Crippen LogP contribution in [0.4, 0.5) is 0 Å². The lowest BCUT2D eigenvalue weighted by molar-refractivity contribution is -0.146. The second kappa shape index (κ2) is 12.5. The molecule has 1 heterocycles. The van der Waals surface area contributed by atoms with E-state index < -0.39 is 42.0 Å². The Kier molecular flexibility index (Phi) is 10.8. The van der Waals surface area contributed by atoms with Crippen molar-refractivity contribution in [3.63, 3.8) is 0 Å². The van der Waals surface area contributed by atoms with E-state index in [-0.39, 0.29) is 11.8 Å². The zero-order valence-corrected chi connectivity index (χ0v) is 18.2. The summed E-state index contributed by atoms with van der Waals surface area (Å²) in [6, 6.07) is -3.33. The summed E-state index contributed by atoms with van der Waals surface area (Å²) in [6.07, 6.45) is 3.41. The van der Waals surface area contributed by atoms with Crippen molar-refractivity contribution < 1.29 is 24.3 Å². The molecular weight excluding hydrogens is 390 g/mol. The van der Waals surface area contributed by atoms with Crippen LogP contribution in [-0.2, 0) is 19.2 Å². The highest BCUT2D eigenvalue weighted by Crippen LogP contribution is 2.21. The molecule has 0 bridgehead atoms. The molecule has 5 unspecified atom stereocenters. The van der Waals surface area contributed by atoms with Gasteiger partial charge in [0.2, 0.25) is 17.7 Å². The van der Waals surface area contributed by atoms with Gasteiger partial charge in [-0.05, 0) is 51.5 Å². The van der Waals surface area contributed by atoms with Crippen LogP contribution in [-0.4, -0.2) is 71.0 Å². The SMILES string of the molecule is CCC(C)C(NC(=O)C1CCCN1C(=O)C(CCCCN)NC(=O)C(C)N)C(=O)O. The lowest BCUT2D eigenvalue weighted by atomic mass is 9.98. The van der Waals surface area contributed by atoms with E-state index in [4.69, 9.17) is 11.5 Å². The Morgan fingerprint density at radius 2 is 1.83 bits per heavy atom. The Labute approximate surface area is 178 Å². The molecule has 5 atom stereocenters. The van der Waals surface area contributed by atoms with E-state index in [1.54, 1.807) is 6.92 Å². The van der Waals surface area contributed by atoms with Crippen LogP contribution in [0.2, 0.25) is 0 Å². The lowest BCUT2D eigenvalue weighted by Gasteiger charge is -2.30. The molecule has 30 heavy (non-hydrogen) atoms. The van der Waals surface area contributed by atoms with Crippen LogP contribution in [0.25, 0.3) is 0 Å². The Bertz CT molecular complexity index is 612. The van der Waals surface area contributed by atoms with Gasteiger partial charge < -0.3 is 32.1 Å². The summed E-state index contributed by atoms with van der Waals surface area (Å²) in [7, 11) is 0. The molecule has 0 aromatic carbocycles. The van der Waals surface area contributed by atoms with E-state index in [0.29, 0.717) is 51.6 Å². The van der Waals surface area contributed by atoms with Gasteiger partial charge >= 0.3 is 5.97 Å². The largest absolute Gasteiger partial charge is 0.480 e. The molecule has 0 aliphatic carbocycles. The van der Waals surface area contributed by atoms with Gasteiger partial charge in [0.25, 0.3) is 0 Å². The predicted octanol–water partition coefficient (Wildman–Crippen LogP) is -0.446. The summed E-state index contributed by atoms with van der Waals surface area (Å²) >= 11 is 0. The number of nitrogens with two attached hydrogens (primary N) is 2. The molecular formula is C20H37N5O5. The maximum absolute atomic E-state index is 13.2. The topological polar surface area (TPSA) is 168 Å². The van der Waals surface area contributed by atoms with Gasteiger partial charge in [-0.1, -0.05) is 20.3 Å². The zero-order chi connectivity index (χ0) is 22.8. The fourth-order valence-corrected chi connectivity index (χ4v) is 3.49. The standard InChI is InChI=1S/C20H37N5O5/c1-4-12(2)16(20(29)30)24-18(27)15-9-7-11-25(15)19(28)14(8-5-6-10-21)23-17(26)13(3)22/h12-16H,4-11,21-22H2,1-3H3,(H,23,26)(H,24,27)(H,29,30). The highest BCUT2D eigenvalue weighted by molar-refractivity contribution is 5.94. The van der Waals surface area contributed by atoms with Crippen molar-refractivity contribution in [3.05, 3.63) is 0 Å². The molecule has 1 aliphatic rings. The summed E-state index contributed by atoms with van der Waals surface area (Å²) in [5.74, 6) is -2.62. The van der Waals surface area contributed by atoms with Crippen LogP contribution in [0.1, 0.15) is 59.3 Å². The number of aliphatic carboxylic acids is 1. The van der Waals surface area contributed by atoms with Crippen molar-refractivity contribution in [2.45, 2.75) is 83.5 Å². The molecule has 0 radical (unpaired) electrons.